The average Bonchev–Trinajstić information content (AvgIpc) is 2.80. The van der Waals surface area contributed by atoms with Gasteiger partial charge in [-0.1, -0.05) is 32.1 Å². The molecule has 0 N–H and O–H groups in total. The highest BCUT2D eigenvalue weighted by atomic mass is 16.5. The van der Waals surface area contributed by atoms with Crippen molar-refractivity contribution >= 4 is 12.2 Å². The molecule has 0 fully saturated rings. The van der Waals surface area contributed by atoms with Crippen molar-refractivity contribution in [3.05, 3.63) is 35.9 Å². The lowest BCUT2D eigenvalue weighted by Crippen LogP contribution is -2.05. The van der Waals surface area contributed by atoms with Crippen LogP contribution in [0.2, 0.25) is 0 Å². The monoisotopic (exact) mass is 275 g/mol. The summed E-state index contributed by atoms with van der Waals surface area (Å²) in [7, 11) is 0. The fourth-order valence-corrected chi connectivity index (χ4v) is 1.68. The van der Waals surface area contributed by atoms with Crippen molar-refractivity contribution in [1.82, 2.24) is 15.0 Å². The molecule has 4 heteroatoms. The van der Waals surface area contributed by atoms with Gasteiger partial charge in [-0.25, -0.2) is 0 Å². The Morgan fingerprint density at radius 3 is 2.30 bits per heavy atom. The minimum Gasteiger partial charge on any atom is -0.498 e. The van der Waals surface area contributed by atoms with Crippen LogP contribution in [0.15, 0.2) is 24.5 Å². The molecular formula is C16H25N3O. The molecule has 20 heavy (non-hydrogen) atoms. The normalized spacial score (nSPS) is 11.6. The highest BCUT2D eigenvalue weighted by Crippen LogP contribution is 2.09. The topological polar surface area (TPSA) is 39.9 Å². The molecule has 0 aromatic carbocycles. The number of unbranched alkanes of at least 4 members (excludes halogenated alkanes) is 1. The number of rotatable bonds is 9. The van der Waals surface area contributed by atoms with E-state index in [-0.39, 0.29) is 0 Å². The van der Waals surface area contributed by atoms with E-state index in [4.69, 9.17) is 4.74 Å². The molecule has 0 spiro atoms. The summed E-state index contributed by atoms with van der Waals surface area (Å²) in [6.07, 6.45) is 10.8. The van der Waals surface area contributed by atoms with Crippen LogP contribution in [0.1, 0.15) is 51.4 Å². The Morgan fingerprint density at radius 1 is 1.20 bits per heavy atom. The maximum Gasteiger partial charge on any atom is 0.112 e. The van der Waals surface area contributed by atoms with E-state index in [1.165, 1.54) is 0 Å². The molecule has 1 aromatic rings. The largest absolute Gasteiger partial charge is 0.498 e. The second kappa shape index (κ2) is 9.13. The zero-order chi connectivity index (χ0) is 14.8. The first-order valence-electron chi connectivity index (χ1n) is 7.22. The summed E-state index contributed by atoms with van der Waals surface area (Å²) < 4.78 is 5.54. The highest BCUT2D eigenvalue weighted by Gasteiger charge is 2.06. The van der Waals surface area contributed by atoms with Gasteiger partial charge in [0.15, 0.2) is 0 Å². The van der Waals surface area contributed by atoms with Crippen molar-refractivity contribution in [2.75, 3.05) is 6.61 Å². The molecule has 0 aliphatic carbocycles. The minimum absolute atomic E-state index is 0.688. The van der Waals surface area contributed by atoms with E-state index in [9.17, 15) is 0 Å². The first-order valence-corrected chi connectivity index (χ1v) is 7.22. The van der Waals surface area contributed by atoms with Gasteiger partial charge in [0.2, 0.25) is 0 Å². The summed E-state index contributed by atoms with van der Waals surface area (Å²) in [6.45, 7) is 11.4. The molecule has 0 atom stereocenters. The summed E-state index contributed by atoms with van der Waals surface area (Å²) in [4.78, 5) is 1.71. The van der Waals surface area contributed by atoms with Crippen LogP contribution in [-0.2, 0) is 11.3 Å². The number of allylic oxidation sites excluding steroid dienone is 3. The fourth-order valence-electron chi connectivity index (χ4n) is 1.68. The molecule has 0 aliphatic rings. The van der Waals surface area contributed by atoms with E-state index in [2.05, 4.69) is 23.7 Å². The van der Waals surface area contributed by atoms with E-state index in [1.807, 2.05) is 38.2 Å². The quantitative estimate of drug-likeness (QED) is 0.504. The zero-order valence-corrected chi connectivity index (χ0v) is 12.8. The van der Waals surface area contributed by atoms with Crippen molar-refractivity contribution in [3.63, 3.8) is 0 Å². The highest BCUT2D eigenvalue weighted by molar-refractivity contribution is 5.58. The summed E-state index contributed by atoms with van der Waals surface area (Å²) in [6, 6.07) is 0. The Morgan fingerprint density at radius 2 is 1.80 bits per heavy atom. The number of hydrogen-bond acceptors (Lipinski definition) is 3. The Kier molecular flexibility index (Phi) is 7.40. The molecule has 1 rings (SSSR count). The van der Waals surface area contributed by atoms with E-state index < -0.39 is 0 Å². The van der Waals surface area contributed by atoms with Gasteiger partial charge in [0.05, 0.1) is 18.9 Å². The molecule has 0 unspecified atom stereocenters. The van der Waals surface area contributed by atoms with Crippen LogP contribution in [0, 0.1) is 0 Å². The molecule has 4 nitrogen and oxygen atoms in total. The smallest absolute Gasteiger partial charge is 0.112 e. The lowest BCUT2D eigenvalue weighted by atomic mass is 10.3. The van der Waals surface area contributed by atoms with Crippen LogP contribution in [0.25, 0.3) is 12.2 Å². The third-order valence-electron chi connectivity index (χ3n) is 2.75. The van der Waals surface area contributed by atoms with Gasteiger partial charge in [-0.3, -0.25) is 0 Å². The molecular weight excluding hydrogens is 250 g/mol. The second-order valence-electron chi connectivity index (χ2n) is 4.56. The number of aromatic nitrogens is 3. The zero-order valence-electron chi connectivity index (χ0n) is 12.8. The van der Waals surface area contributed by atoms with E-state index >= 15 is 0 Å². The first-order chi connectivity index (χ1) is 9.71. The van der Waals surface area contributed by atoms with Gasteiger partial charge < -0.3 is 4.74 Å². The van der Waals surface area contributed by atoms with Gasteiger partial charge in [-0.15, -0.1) is 0 Å². The average molecular weight is 275 g/mol. The van der Waals surface area contributed by atoms with Crippen LogP contribution >= 0.6 is 0 Å². The molecule has 0 amide bonds. The standard InChI is InChI=1S/C16H25N3O/c1-5-8-13-20-14(4)11-12-19-17-15(9-6-2)16(18-19)10-7-3/h6-7,9-10H,4-5,8,11-13H2,1-3H3/b9-6-,10-7-. The summed E-state index contributed by atoms with van der Waals surface area (Å²) in [5.41, 5.74) is 1.78. The fraction of sp³-hybridized carbons (Fsp3) is 0.500. The number of hydrogen-bond donors (Lipinski definition) is 0. The molecule has 110 valence electrons. The molecule has 0 radical (unpaired) electrons. The van der Waals surface area contributed by atoms with Crippen LogP contribution in [0.5, 0.6) is 0 Å². The van der Waals surface area contributed by atoms with Crippen molar-refractivity contribution in [2.45, 2.75) is 46.6 Å². The van der Waals surface area contributed by atoms with Gasteiger partial charge in [0.1, 0.15) is 11.4 Å². The molecule has 0 saturated carbocycles. The van der Waals surface area contributed by atoms with Crippen molar-refractivity contribution in [2.24, 2.45) is 0 Å². The predicted molar refractivity (Wildman–Crippen MR) is 84.1 cm³/mol. The van der Waals surface area contributed by atoms with Crippen LogP contribution in [-0.4, -0.2) is 21.6 Å². The first kappa shape index (κ1) is 16.2. The Hall–Kier alpha value is -1.84. The van der Waals surface area contributed by atoms with E-state index in [0.717, 1.165) is 43.0 Å². The molecule has 0 saturated heterocycles. The lowest BCUT2D eigenvalue weighted by molar-refractivity contribution is 0.194. The Balaban J connectivity index is 2.55. The lowest BCUT2D eigenvalue weighted by Gasteiger charge is -2.07. The SMILES string of the molecule is C=C(CCn1nc(/C=C\C)c(/C=C\C)n1)OCCCC. The van der Waals surface area contributed by atoms with Crippen molar-refractivity contribution in [3.8, 4) is 0 Å². The Bertz CT molecular complexity index is 443. The maximum atomic E-state index is 5.54. The number of nitrogens with zero attached hydrogens (tertiary/aromatic N) is 3. The van der Waals surface area contributed by atoms with Crippen molar-refractivity contribution in [1.29, 1.82) is 0 Å². The van der Waals surface area contributed by atoms with Crippen LogP contribution in [0.3, 0.4) is 0 Å². The molecule has 0 aliphatic heterocycles. The van der Waals surface area contributed by atoms with Gasteiger partial charge in [0.25, 0.3) is 0 Å². The molecule has 0 bridgehead atoms. The molecule has 1 aromatic heterocycles. The number of ether oxygens (including phenoxy) is 1. The van der Waals surface area contributed by atoms with Gasteiger partial charge in [0, 0.05) is 6.42 Å². The van der Waals surface area contributed by atoms with E-state index in [0.29, 0.717) is 6.54 Å². The third-order valence-corrected chi connectivity index (χ3v) is 2.75. The summed E-state index contributed by atoms with van der Waals surface area (Å²) in [5.74, 6) is 0.802. The number of aryl methyl sites for hydroxylation is 1. The summed E-state index contributed by atoms with van der Waals surface area (Å²) in [5, 5.41) is 8.92. The van der Waals surface area contributed by atoms with Crippen LogP contribution in [0.4, 0.5) is 0 Å². The van der Waals surface area contributed by atoms with Crippen LogP contribution < -0.4 is 0 Å². The third kappa shape index (κ3) is 5.43. The second-order valence-corrected chi connectivity index (χ2v) is 4.56. The minimum atomic E-state index is 0.688. The van der Waals surface area contributed by atoms with Crippen molar-refractivity contribution < 1.29 is 4.74 Å². The summed E-state index contributed by atoms with van der Waals surface area (Å²) >= 11 is 0. The van der Waals surface area contributed by atoms with E-state index in [1.54, 1.807) is 4.80 Å². The van der Waals surface area contributed by atoms with Gasteiger partial charge in [-0.2, -0.15) is 15.0 Å². The Labute approximate surface area is 121 Å². The van der Waals surface area contributed by atoms with Gasteiger partial charge >= 0.3 is 0 Å². The predicted octanol–water partition coefficient (Wildman–Crippen LogP) is 4.06. The van der Waals surface area contributed by atoms with Gasteiger partial charge in [-0.05, 0) is 32.4 Å². The molecule has 1 heterocycles. The maximum absolute atomic E-state index is 5.54.